The highest BCUT2D eigenvalue weighted by molar-refractivity contribution is 5.37. The van der Waals surface area contributed by atoms with E-state index in [9.17, 15) is 9.59 Å². The van der Waals surface area contributed by atoms with Gasteiger partial charge in [-0.05, 0) is 42.3 Å². The van der Waals surface area contributed by atoms with Crippen LogP contribution < -0.4 is 15.9 Å². The van der Waals surface area contributed by atoms with Gasteiger partial charge < -0.3 is 9.30 Å². The Balaban J connectivity index is 1.98. The number of methoxy groups -OCH3 is 1. The molecular formula is C19H18N2O3. The summed E-state index contributed by atoms with van der Waals surface area (Å²) in [6.07, 6.45) is 3.25. The molecule has 0 aliphatic heterocycles. The zero-order valence-corrected chi connectivity index (χ0v) is 13.6. The van der Waals surface area contributed by atoms with Crippen LogP contribution in [0.5, 0.6) is 5.75 Å². The fourth-order valence-electron chi connectivity index (χ4n) is 2.55. The molecule has 0 aliphatic rings. The fraction of sp³-hybridized carbons (Fsp3) is 0.158. The maximum Gasteiger partial charge on any atom is 0.320 e. The number of aryl methyl sites for hydroxylation is 1. The largest absolute Gasteiger partial charge is 0.497 e. The molecule has 3 aromatic rings. The van der Waals surface area contributed by atoms with Crippen LogP contribution in [0.3, 0.4) is 0 Å². The Kier molecular flexibility index (Phi) is 4.33. The molecule has 0 N–H and O–H groups in total. The van der Waals surface area contributed by atoms with Crippen LogP contribution in [0.1, 0.15) is 11.1 Å². The smallest absolute Gasteiger partial charge is 0.320 e. The first-order valence-corrected chi connectivity index (χ1v) is 7.61. The maximum absolute atomic E-state index is 12.4. The number of ether oxygens (including phenoxy) is 1. The summed E-state index contributed by atoms with van der Waals surface area (Å²) >= 11 is 0. The van der Waals surface area contributed by atoms with Crippen molar-refractivity contribution in [2.75, 3.05) is 7.11 Å². The number of nitrogens with zero attached hydrogens (tertiary/aromatic N) is 2. The van der Waals surface area contributed by atoms with E-state index in [-0.39, 0.29) is 0 Å². The number of aromatic nitrogens is 2. The lowest BCUT2D eigenvalue weighted by molar-refractivity contribution is 0.414. The van der Waals surface area contributed by atoms with Gasteiger partial charge >= 0.3 is 11.1 Å². The van der Waals surface area contributed by atoms with Crippen molar-refractivity contribution in [3.63, 3.8) is 0 Å². The van der Waals surface area contributed by atoms with E-state index in [1.807, 2.05) is 31.2 Å². The van der Waals surface area contributed by atoms with Crippen molar-refractivity contribution >= 4 is 0 Å². The second-order valence-corrected chi connectivity index (χ2v) is 5.53. The van der Waals surface area contributed by atoms with Crippen LogP contribution >= 0.6 is 0 Å². The van der Waals surface area contributed by atoms with Crippen LogP contribution in [0.15, 0.2) is 70.5 Å². The number of benzene rings is 2. The summed E-state index contributed by atoms with van der Waals surface area (Å²) in [5.74, 6) is 0.694. The fourth-order valence-corrected chi connectivity index (χ4v) is 2.55. The summed E-state index contributed by atoms with van der Waals surface area (Å²) in [6, 6.07) is 14.8. The van der Waals surface area contributed by atoms with Crippen molar-refractivity contribution in [3.8, 4) is 11.4 Å². The average molecular weight is 322 g/mol. The molecule has 24 heavy (non-hydrogen) atoms. The van der Waals surface area contributed by atoms with E-state index in [1.54, 1.807) is 43.8 Å². The first-order chi connectivity index (χ1) is 11.6. The average Bonchev–Trinajstić information content (AvgIpc) is 2.61. The van der Waals surface area contributed by atoms with Gasteiger partial charge in [0.05, 0.1) is 13.7 Å². The Hall–Kier alpha value is -3.08. The third-order valence-electron chi connectivity index (χ3n) is 4.01. The van der Waals surface area contributed by atoms with E-state index in [1.165, 1.54) is 9.13 Å². The number of hydrogen-bond acceptors (Lipinski definition) is 3. The Morgan fingerprint density at radius 2 is 1.62 bits per heavy atom. The van der Waals surface area contributed by atoms with Gasteiger partial charge in [0, 0.05) is 18.1 Å². The summed E-state index contributed by atoms with van der Waals surface area (Å²) in [5, 5.41) is 0. The Labute approximate surface area is 139 Å². The normalized spacial score (nSPS) is 10.6. The van der Waals surface area contributed by atoms with Crippen LogP contribution in [0.4, 0.5) is 0 Å². The minimum Gasteiger partial charge on any atom is -0.497 e. The molecule has 0 saturated heterocycles. The van der Waals surface area contributed by atoms with E-state index < -0.39 is 11.1 Å². The van der Waals surface area contributed by atoms with E-state index in [4.69, 9.17) is 4.74 Å². The van der Waals surface area contributed by atoms with Crippen molar-refractivity contribution in [2.45, 2.75) is 13.5 Å². The first kappa shape index (κ1) is 15.8. The molecule has 0 bridgehead atoms. The molecular weight excluding hydrogens is 304 g/mol. The molecule has 0 amide bonds. The molecule has 0 saturated carbocycles. The van der Waals surface area contributed by atoms with Crippen molar-refractivity contribution in [3.05, 3.63) is 92.8 Å². The topological polar surface area (TPSA) is 53.2 Å². The van der Waals surface area contributed by atoms with E-state index >= 15 is 0 Å². The van der Waals surface area contributed by atoms with Gasteiger partial charge in [-0.1, -0.05) is 24.3 Å². The van der Waals surface area contributed by atoms with Crippen molar-refractivity contribution in [2.24, 2.45) is 0 Å². The van der Waals surface area contributed by atoms with Gasteiger partial charge in [-0.25, -0.2) is 0 Å². The Morgan fingerprint density at radius 1 is 0.917 bits per heavy atom. The number of rotatable bonds is 4. The van der Waals surface area contributed by atoms with Crippen LogP contribution in [0, 0.1) is 6.92 Å². The monoisotopic (exact) mass is 322 g/mol. The van der Waals surface area contributed by atoms with Crippen molar-refractivity contribution < 1.29 is 4.74 Å². The number of hydrogen-bond donors (Lipinski definition) is 0. The van der Waals surface area contributed by atoms with Gasteiger partial charge in [0.25, 0.3) is 0 Å². The highest BCUT2D eigenvalue weighted by atomic mass is 16.5. The van der Waals surface area contributed by atoms with Crippen molar-refractivity contribution in [1.82, 2.24) is 9.13 Å². The summed E-state index contributed by atoms with van der Waals surface area (Å²) in [5.41, 5.74) is 1.61. The lowest BCUT2D eigenvalue weighted by Gasteiger charge is -2.11. The standard InChI is InChI=1S/C19H18N2O3/c1-14-5-3-4-6-15(14)13-20-11-12-21(19(23)18(20)22)16-7-9-17(24-2)10-8-16/h3-12H,13H2,1-2H3. The van der Waals surface area contributed by atoms with Crippen LogP contribution in [-0.2, 0) is 6.54 Å². The zero-order chi connectivity index (χ0) is 17.1. The minimum atomic E-state index is -0.573. The maximum atomic E-state index is 12.4. The van der Waals surface area contributed by atoms with E-state index in [0.29, 0.717) is 18.0 Å². The molecule has 0 radical (unpaired) electrons. The third kappa shape index (κ3) is 3.01. The highest BCUT2D eigenvalue weighted by Gasteiger charge is 2.08. The van der Waals surface area contributed by atoms with Crippen LogP contribution in [-0.4, -0.2) is 16.2 Å². The molecule has 0 atom stereocenters. The van der Waals surface area contributed by atoms with Gasteiger partial charge in [0.15, 0.2) is 0 Å². The molecule has 0 aliphatic carbocycles. The molecule has 5 nitrogen and oxygen atoms in total. The molecule has 1 heterocycles. The Bertz CT molecular complexity index is 969. The molecule has 3 rings (SSSR count). The molecule has 122 valence electrons. The SMILES string of the molecule is COc1ccc(-n2ccn(Cc3ccccc3C)c(=O)c2=O)cc1. The van der Waals surface area contributed by atoms with E-state index in [2.05, 4.69) is 0 Å². The predicted molar refractivity (Wildman–Crippen MR) is 93.1 cm³/mol. The summed E-state index contributed by atoms with van der Waals surface area (Å²) in [6.45, 7) is 2.36. The van der Waals surface area contributed by atoms with E-state index in [0.717, 1.165) is 11.1 Å². The summed E-state index contributed by atoms with van der Waals surface area (Å²) < 4.78 is 7.88. The van der Waals surface area contributed by atoms with Crippen molar-refractivity contribution in [1.29, 1.82) is 0 Å². The molecule has 0 unspecified atom stereocenters. The highest BCUT2D eigenvalue weighted by Crippen LogP contribution is 2.13. The van der Waals surface area contributed by atoms with Gasteiger partial charge in [0.2, 0.25) is 0 Å². The second kappa shape index (κ2) is 6.58. The lowest BCUT2D eigenvalue weighted by atomic mass is 10.1. The van der Waals surface area contributed by atoms with Gasteiger partial charge in [-0.3, -0.25) is 14.2 Å². The van der Waals surface area contributed by atoms with Crippen LogP contribution in [0.2, 0.25) is 0 Å². The third-order valence-corrected chi connectivity index (χ3v) is 4.01. The predicted octanol–water partition coefficient (Wildman–Crippen LogP) is 2.36. The molecule has 1 aromatic heterocycles. The Morgan fingerprint density at radius 3 is 2.29 bits per heavy atom. The lowest BCUT2D eigenvalue weighted by Crippen LogP contribution is -2.40. The second-order valence-electron chi connectivity index (χ2n) is 5.53. The minimum absolute atomic E-state index is 0.379. The molecule has 2 aromatic carbocycles. The summed E-state index contributed by atoms with van der Waals surface area (Å²) in [4.78, 5) is 24.8. The first-order valence-electron chi connectivity index (χ1n) is 7.61. The van der Waals surface area contributed by atoms with Gasteiger partial charge in [0.1, 0.15) is 5.75 Å². The quantitative estimate of drug-likeness (QED) is 0.693. The molecule has 0 fully saturated rings. The van der Waals surface area contributed by atoms with Gasteiger partial charge in [-0.15, -0.1) is 0 Å². The van der Waals surface area contributed by atoms with Gasteiger partial charge in [-0.2, -0.15) is 0 Å². The van der Waals surface area contributed by atoms with Crippen LogP contribution in [0.25, 0.3) is 5.69 Å². The summed E-state index contributed by atoms with van der Waals surface area (Å²) in [7, 11) is 1.58. The molecule has 5 heteroatoms. The zero-order valence-electron chi connectivity index (χ0n) is 13.6. The molecule has 0 spiro atoms.